The van der Waals surface area contributed by atoms with Crippen molar-refractivity contribution in [2.24, 2.45) is 5.41 Å². The summed E-state index contributed by atoms with van der Waals surface area (Å²) >= 11 is 0. The number of piperidine rings is 1. The van der Waals surface area contributed by atoms with E-state index < -0.39 is 0 Å². The van der Waals surface area contributed by atoms with Gasteiger partial charge in [0.15, 0.2) is 0 Å². The first-order valence-corrected chi connectivity index (χ1v) is 7.37. The van der Waals surface area contributed by atoms with Gasteiger partial charge in [0.25, 0.3) is 0 Å². The Kier molecular flexibility index (Phi) is 4.00. The molecule has 1 unspecified atom stereocenters. The Morgan fingerprint density at radius 2 is 1.83 bits per heavy atom. The number of carbonyl (C=O) groups is 1. The van der Waals surface area contributed by atoms with E-state index >= 15 is 0 Å². The van der Waals surface area contributed by atoms with Crippen LogP contribution in [0.25, 0.3) is 0 Å². The molecule has 2 fully saturated rings. The SMILES string of the molecule is CC(C)(C)OC(=O)C1CC2(CCCCC2)CCN1. The molecule has 0 aromatic heterocycles. The predicted octanol–water partition coefficient (Wildman–Crippen LogP) is 3.03. The Bertz CT molecular complexity index is 295. The third-order valence-electron chi connectivity index (χ3n) is 4.29. The Morgan fingerprint density at radius 3 is 2.44 bits per heavy atom. The van der Waals surface area contributed by atoms with Gasteiger partial charge in [-0.15, -0.1) is 0 Å². The van der Waals surface area contributed by atoms with Gasteiger partial charge >= 0.3 is 5.97 Å². The van der Waals surface area contributed by atoms with Crippen molar-refractivity contribution in [2.45, 2.75) is 77.4 Å². The second kappa shape index (κ2) is 5.20. The monoisotopic (exact) mass is 253 g/mol. The van der Waals surface area contributed by atoms with E-state index in [4.69, 9.17) is 4.74 Å². The van der Waals surface area contributed by atoms with E-state index in [1.807, 2.05) is 20.8 Å². The van der Waals surface area contributed by atoms with Crippen LogP contribution in [0.2, 0.25) is 0 Å². The molecule has 104 valence electrons. The van der Waals surface area contributed by atoms with Gasteiger partial charge < -0.3 is 10.1 Å². The third kappa shape index (κ3) is 3.47. The largest absolute Gasteiger partial charge is 0.459 e. The fourth-order valence-corrected chi connectivity index (χ4v) is 3.41. The maximum atomic E-state index is 12.2. The van der Waals surface area contributed by atoms with Crippen LogP contribution in [0.15, 0.2) is 0 Å². The van der Waals surface area contributed by atoms with E-state index in [1.165, 1.54) is 38.5 Å². The first-order chi connectivity index (χ1) is 8.40. The van der Waals surface area contributed by atoms with E-state index in [0.29, 0.717) is 5.41 Å². The highest BCUT2D eigenvalue weighted by Crippen LogP contribution is 2.44. The minimum Gasteiger partial charge on any atom is -0.459 e. The molecule has 0 radical (unpaired) electrons. The molecule has 2 rings (SSSR count). The summed E-state index contributed by atoms with van der Waals surface area (Å²) < 4.78 is 5.51. The predicted molar refractivity (Wildman–Crippen MR) is 72.4 cm³/mol. The lowest BCUT2D eigenvalue weighted by Gasteiger charge is -2.43. The molecular formula is C15H27NO2. The van der Waals surface area contributed by atoms with Crippen molar-refractivity contribution in [1.29, 1.82) is 0 Å². The summed E-state index contributed by atoms with van der Waals surface area (Å²) in [5.41, 5.74) is 0.0427. The van der Waals surface area contributed by atoms with Gasteiger partial charge in [0.1, 0.15) is 11.6 Å². The molecule has 18 heavy (non-hydrogen) atoms. The van der Waals surface area contributed by atoms with Crippen LogP contribution in [0.5, 0.6) is 0 Å². The fraction of sp³-hybridized carbons (Fsp3) is 0.933. The number of carbonyl (C=O) groups excluding carboxylic acids is 1. The van der Waals surface area contributed by atoms with E-state index in [1.54, 1.807) is 0 Å². The van der Waals surface area contributed by atoms with Gasteiger partial charge in [0.05, 0.1) is 0 Å². The van der Waals surface area contributed by atoms with Crippen LogP contribution < -0.4 is 5.32 Å². The van der Waals surface area contributed by atoms with Crippen LogP contribution in [0.3, 0.4) is 0 Å². The van der Waals surface area contributed by atoms with Gasteiger partial charge in [-0.2, -0.15) is 0 Å². The van der Waals surface area contributed by atoms with Crippen LogP contribution >= 0.6 is 0 Å². The molecule has 1 saturated heterocycles. The molecule has 3 nitrogen and oxygen atoms in total. The number of hydrogen-bond donors (Lipinski definition) is 1. The van der Waals surface area contributed by atoms with E-state index in [2.05, 4.69) is 5.32 Å². The molecule has 1 aliphatic heterocycles. The standard InChI is InChI=1S/C15H27NO2/c1-14(2,3)18-13(17)12-11-15(9-10-16-12)7-5-4-6-8-15/h12,16H,4-11H2,1-3H3. The van der Waals surface area contributed by atoms with Gasteiger partial charge in [-0.05, 0) is 58.4 Å². The summed E-state index contributed by atoms with van der Waals surface area (Å²) in [4.78, 5) is 12.2. The summed E-state index contributed by atoms with van der Waals surface area (Å²) in [7, 11) is 0. The first-order valence-electron chi connectivity index (χ1n) is 7.37. The lowest BCUT2D eigenvalue weighted by atomic mass is 9.66. The average molecular weight is 253 g/mol. The molecule has 0 aromatic rings. The minimum absolute atomic E-state index is 0.0628. The Labute approximate surface area is 111 Å². The van der Waals surface area contributed by atoms with E-state index in [-0.39, 0.29) is 17.6 Å². The van der Waals surface area contributed by atoms with Crippen LogP contribution in [-0.4, -0.2) is 24.2 Å². The van der Waals surface area contributed by atoms with Crippen molar-refractivity contribution >= 4 is 5.97 Å². The number of ether oxygens (including phenoxy) is 1. The van der Waals surface area contributed by atoms with Crippen LogP contribution in [0.1, 0.15) is 65.7 Å². The van der Waals surface area contributed by atoms with Crippen LogP contribution in [0, 0.1) is 5.41 Å². The Morgan fingerprint density at radius 1 is 1.17 bits per heavy atom. The second-order valence-corrected chi connectivity index (χ2v) is 7.05. The van der Waals surface area contributed by atoms with Gasteiger partial charge in [0, 0.05) is 0 Å². The lowest BCUT2D eigenvalue weighted by Crippen LogP contribution is -2.50. The molecule has 1 heterocycles. The van der Waals surface area contributed by atoms with Crippen molar-refractivity contribution in [3.8, 4) is 0 Å². The Balaban J connectivity index is 1.95. The highest BCUT2D eigenvalue weighted by atomic mass is 16.6. The van der Waals surface area contributed by atoms with E-state index in [0.717, 1.165) is 13.0 Å². The summed E-state index contributed by atoms with van der Waals surface area (Å²) in [5.74, 6) is -0.0628. The van der Waals surface area contributed by atoms with E-state index in [9.17, 15) is 4.79 Å². The molecule has 3 heteroatoms. The Hall–Kier alpha value is -0.570. The average Bonchev–Trinajstić information content (AvgIpc) is 2.28. The zero-order valence-corrected chi connectivity index (χ0v) is 12.1. The zero-order chi connectivity index (χ0) is 13.2. The van der Waals surface area contributed by atoms with Gasteiger partial charge in [0.2, 0.25) is 0 Å². The maximum absolute atomic E-state index is 12.2. The maximum Gasteiger partial charge on any atom is 0.323 e. The quantitative estimate of drug-likeness (QED) is 0.730. The highest BCUT2D eigenvalue weighted by molar-refractivity contribution is 5.76. The topological polar surface area (TPSA) is 38.3 Å². The second-order valence-electron chi connectivity index (χ2n) is 7.05. The number of nitrogens with one attached hydrogen (secondary N) is 1. The van der Waals surface area contributed by atoms with Crippen molar-refractivity contribution in [1.82, 2.24) is 5.32 Å². The van der Waals surface area contributed by atoms with Crippen LogP contribution in [0.4, 0.5) is 0 Å². The van der Waals surface area contributed by atoms with Crippen molar-refractivity contribution in [3.05, 3.63) is 0 Å². The molecule has 2 aliphatic rings. The zero-order valence-electron chi connectivity index (χ0n) is 12.1. The normalized spacial score (nSPS) is 28.1. The minimum atomic E-state index is -0.379. The molecule has 0 bridgehead atoms. The van der Waals surface area contributed by atoms with Gasteiger partial charge in [-0.3, -0.25) is 4.79 Å². The van der Waals surface area contributed by atoms with Crippen LogP contribution in [-0.2, 0) is 9.53 Å². The summed E-state index contributed by atoms with van der Waals surface area (Å²) in [6.07, 6.45) is 8.84. The summed E-state index contributed by atoms with van der Waals surface area (Å²) in [6.45, 7) is 6.77. The molecule has 1 aliphatic carbocycles. The lowest BCUT2D eigenvalue weighted by molar-refractivity contribution is -0.159. The smallest absolute Gasteiger partial charge is 0.323 e. The van der Waals surface area contributed by atoms with Crippen molar-refractivity contribution in [3.63, 3.8) is 0 Å². The van der Waals surface area contributed by atoms with Crippen molar-refractivity contribution in [2.75, 3.05) is 6.54 Å². The molecule has 1 spiro atoms. The van der Waals surface area contributed by atoms with Crippen molar-refractivity contribution < 1.29 is 9.53 Å². The molecule has 0 aromatic carbocycles. The van der Waals surface area contributed by atoms with Gasteiger partial charge in [-0.1, -0.05) is 19.3 Å². The molecule has 1 atom stereocenters. The first kappa shape index (κ1) is 13.9. The molecule has 1 saturated carbocycles. The highest BCUT2D eigenvalue weighted by Gasteiger charge is 2.40. The fourth-order valence-electron chi connectivity index (χ4n) is 3.41. The number of rotatable bonds is 1. The molecular weight excluding hydrogens is 226 g/mol. The summed E-state index contributed by atoms with van der Waals surface area (Å²) in [6, 6.07) is -0.0870. The number of hydrogen-bond acceptors (Lipinski definition) is 3. The number of esters is 1. The molecule has 1 N–H and O–H groups in total. The summed E-state index contributed by atoms with van der Waals surface area (Å²) in [5, 5.41) is 3.34. The van der Waals surface area contributed by atoms with Gasteiger partial charge in [-0.25, -0.2) is 0 Å². The third-order valence-corrected chi connectivity index (χ3v) is 4.29. The molecule has 0 amide bonds.